The van der Waals surface area contributed by atoms with Gasteiger partial charge in [0.2, 0.25) is 0 Å². The topological polar surface area (TPSA) is 17.1 Å². The third-order valence-electron chi connectivity index (χ3n) is 0. The van der Waals surface area contributed by atoms with E-state index in [0.717, 1.165) is 0 Å². The molecule has 0 N–H and O–H groups in total. The third-order valence-corrected chi connectivity index (χ3v) is 0. The van der Waals surface area contributed by atoms with Gasteiger partial charge in [0, 0.05) is 19.5 Å². The average molecular weight is 379 g/mol. The first-order chi connectivity index (χ1) is 1.00. The van der Waals surface area contributed by atoms with Gasteiger partial charge < -0.3 is 0 Å². The predicted molar refractivity (Wildman–Crippen MR) is 40.4 cm³/mol. The number of hydrogen-bond acceptors (Lipinski definition) is 1. The standard InChI is InChI=1S/Ga.GeH4.In.O.H4Si.Zn.4H/h;1H4;;;1H4;;;;;. The molecule has 0 heterocycles. The Morgan fingerprint density at radius 1 is 1.17 bits per heavy atom. The van der Waals surface area contributed by atoms with E-state index < -0.39 is 0 Å². The smallest absolute Gasteiger partial charge is 0 e. The Bertz CT molecular complexity index is 15.5. The SMILES string of the molecule is [GaH3].[GeH4].[O]=[InH].[SiH4].[Zn]. The maximum absolute atomic E-state index is 8.42. The van der Waals surface area contributed by atoms with E-state index >= 15 is 0 Å². The maximum atomic E-state index is 8.42. The molecule has 6 heavy (non-hydrogen) atoms. The quantitative estimate of drug-likeness (QED) is 0.387. The van der Waals surface area contributed by atoms with E-state index in [9.17, 15) is 0 Å². The van der Waals surface area contributed by atoms with Gasteiger partial charge in [-0.2, -0.15) is 0 Å². The molecule has 0 unspecified atom stereocenters. The van der Waals surface area contributed by atoms with Crippen LogP contribution in [0.25, 0.3) is 0 Å². The fraction of sp³-hybridized carbons (Fsp3) is 0. The molecule has 0 aliphatic rings. The maximum Gasteiger partial charge on any atom is 0 e. The Balaban J connectivity index is -0.000000000833. The van der Waals surface area contributed by atoms with Crippen molar-refractivity contribution < 1.29 is 22.3 Å². The first-order valence-corrected chi connectivity index (χ1v) is 1.94. The molecule has 6 heteroatoms. The fourth-order valence-corrected chi connectivity index (χ4v) is 0. The van der Waals surface area contributed by atoms with E-state index in [1.807, 2.05) is 0 Å². The molecule has 0 saturated carbocycles. The Hall–Kier alpha value is 2.69. The molecule has 0 aliphatic heterocycles. The van der Waals surface area contributed by atoms with E-state index in [1.165, 1.54) is 0 Å². The average Bonchev–Trinajstić information content (AvgIpc) is 1.00. The molecule has 0 radical (unpaired) electrons. The van der Waals surface area contributed by atoms with E-state index in [-0.39, 0.29) is 92.2 Å². The molecule has 0 rings (SSSR count). The first-order valence-electron chi connectivity index (χ1n) is 0.289. The third kappa shape index (κ3) is 29.9. The molecule has 0 aromatic carbocycles. The Labute approximate surface area is 93.6 Å². The van der Waals surface area contributed by atoms with Crippen LogP contribution in [0.3, 0.4) is 0 Å². The van der Waals surface area contributed by atoms with Crippen LogP contribution in [0.2, 0.25) is 0 Å². The summed E-state index contributed by atoms with van der Waals surface area (Å²) >= 11 is -0.1000. The van der Waals surface area contributed by atoms with Crippen molar-refractivity contribution in [1.82, 2.24) is 0 Å². The minimum atomic E-state index is -0.1000. The van der Waals surface area contributed by atoms with Gasteiger partial charge in [-0.3, -0.25) is 0 Å². The zero-order valence-electron chi connectivity index (χ0n) is 1.82. The van der Waals surface area contributed by atoms with Crippen LogP contribution in [-0.2, 0) is 22.3 Å². The molecule has 0 fully saturated rings. The van der Waals surface area contributed by atoms with E-state index in [1.54, 1.807) is 0 Å². The second kappa shape index (κ2) is 47.6. The van der Waals surface area contributed by atoms with Gasteiger partial charge in [0.05, 0.1) is 0 Å². The summed E-state index contributed by atoms with van der Waals surface area (Å²) in [5.74, 6) is 0. The van der Waals surface area contributed by atoms with Gasteiger partial charge in [0.1, 0.15) is 0 Å². The normalized spacial score (nSPS) is 0.500. The van der Waals surface area contributed by atoms with E-state index in [4.69, 9.17) is 2.85 Å². The molecular weight excluding hydrogens is 367 g/mol. The van der Waals surface area contributed by atoms with Crippen LogP contribution in [0, 0.1) is 0 Å². The zero-order chi connectivity index (χ0) is 2.00. The number of hydrogen-bond donors (Lipinski definition) is 0. The summed E-state index contributed by atoms with van der Waals surface area (Å²) in [5.41, 5.74) is 0. The van der Waals surface area contributed by atoms with Crippen molar-refractivity contribution in [3.8, 4) is 0 Å². The summed E-state index contributed by atoms with van der Waals surface area (Å²) in [6.45, 7) is 0. The van der Waals surface area contributed by atoms with Crippen molar-refractivity contribution in [2.45, 2.75) is 0 Å². The molecular formula is H12GaGeInOSiZn. The van der Waals surface area contributed by atoms with E-state index in [0.29, 0.717) is 0 Å². The van der Waals surface area contributed by atoms with Gasteiger partial charge >= 0.3 is 64.6 Å². The van der Waals surface area contributed by atoms with Crippen molar-refractivity contribution >= 4 is 72.7 Å². The molecule has 1 nitrogen and oxygen atoms in total. The molecule has 0 spiro atoms. The summed E-state index contributed by atoms with van der Waals surface area (Å²) in [4.78, 5) is 0. The molecule has 34 valence electrons. The molecule has 0 aromatic heterocycles. The first kappa shape index (κ1) is 37.7. The Kier molecular flexibility index (Phi) is 299. The molecule has 0 aliphatic carbocycles. The minimum Gasteiger partial charge on any atom is -0.0149 e. The summed E-state index contributed by atoms with van der Waals surface area (Å²) in [6, 6.07) is 0. The monoisotopic (exact) mass is 378 g/mol. The van der Waals surface area contributed by atoms with Gasteiger partial charge in [0.25, 0.3) is 0 Å². The van der Waals surface area contributed by atoms with Crippen molar-refractivity contribution in [3.63, 3.8) is 0 Å². The van der Waals surface area contributed by atoms with Gasteiger partial charge in [-0.05, 0) is 11.0 Å². The molecule has 0 atom stereocenters. The summed E-state index contributed by atoms with van der Waals surface area (Å²) < 4.78 is 8.42. The van der Waals surface area contributed by atoms with Crippen molar-refractivity contribution in [3.05, 3.63) is 0 Å². The second-order valence-electron chi connectivity index (χ2n) is 0. The van der Waals surface area contributed by atoms with Crippen LogP contribution >= 0.6 is 0 Å². The van der Waals surface area contributed by atoms with Gasteiger partial charge in [-0.15, -0.1) is 0 Å². The van der Waals surface area contributed by atoms with Crippen LogP contribution in [0.5, 0.6) is 0 Å². The van der Waals surface area contributed by atoms with Crippen molar-refractivity contribution in [2.75, 3.05) is 0 Å². The predicted octanol–water partition coefficient (Wildman–Crippen LogP) is -4.86. The molecule has 0 aromatic rings. The van der Waals surface area contributed by atoms with Gasteiger partial charge in [-0.25, -0.2) is 0 Å². The Morgan fingerprint density at radius 2 is 1.17 bits per heavy atom. The molecule has 0 bridgehead atoms. The van der Waals surface area contributed by atoms with Crippen molar-refractivity contribution in [1.29, 1.82) is 0 Å². The minimum absolute atomic E-state index is 0. The molecule has 0 saturated heterocycles. The zero-order valence-corrected chi connectivity index (χ0v) is 8.83. The summed E-state index contributed by atoms with van der Waals surface area (Å²) in [6.07, 6.45) is 0. The van der Waals surface area contributed by atoms with Gasteiger partial charge in [-0.1, -0.05) is 0 Å². The van der Waals surface area contributed by atoms with Gasteiger partial charge in [0.15, 0.2) is 0 Å². The largest absolute Gasteiger partial charge is 0.0149 e. The van der Waals surface area contributed by atoms with Crippen LogP contribution in [0.1, 0.15) is 0 Å². The molecule has 0 amide bonds. The second-order valence-corrected chi connectivity index (χ2v) is 0. The van der Waals surface area contributed by atoms with Crippen LogP contribution in [0.15, 0.2) is 0 Å². The van der Waals surface area contributed by atoms with Crippen molar-refractivity contribution in [2.24, 2.45) is 0 Å². The number of rotatable bonds is 0. The van der Waals surface area contributed by atoms with Crippen LogP contribution in [-0.4, -0.2) is 72.7 Å². The van der Waals surface area contributed by atoms with E-state index in [2.05, 4.69) is 0 Å². The Morgan fingerprint density at radius 3 is 1.17 bits per heavy atom. The summed E-state index contributed by atoms with van der Waals surface area (Å²) in [7, 11) is 0. The van der Waals surface area contributed by atoms with Crippen LogP contribution < -0.4 is 0 Å². The summed E-state index contributed by atoms with van der Waals surface area (Å²) in [5, 5.41) is 0. The fourth-order valence-electron chi connectivity index (χ4n) is 0. The van der Waals surface area contributed by atoms with Crippen LogP contribution in [0.4, 0.5) is 0 Å².